The lowest BCUT2D eigenvalue weighted by Crippen LogP contribution is -2.25. The molecule has 1 aliphatic rings. The lowest BCUT2D eigenvalue weighted by Gasteiger charge is -2.18. The van der Waals surface area contributed by atoms with Gasteiger partial charge in [-0.3, -0.25) is 14.9 Å². The highest BCUT2D eigenvalue weighted by atomic mass is 79.9. The molecule has 7 heteroatoms. The normalized spacial score (nSPS) is 19.3. The van der Waals surface area contributed by atoms with E-state index in [-0.39, 0.29) is 23.2 Å². The summed E-state index contributed by atoms with van der Waals surface area (Å²) in [5, 5.41) is 11.4. The van der Waals surface area contributed by atoms with Crippen LogP contribution in [0.15, 0.2) is 18.2 Å². The number of carbonyl (C=O) groups excluding carboxylic acids is 1. The van der Waals surface area contributed by atoms with Gasteiger partial charge >= 0.3 is 0 Å². The Labute approximate surface area is 112 Å². The van der Waals surface area contributed by atoms with Gasteiger partial charge in [0.2, 0.25) is 5.91 Å². The molecule has 0 saturated carbocycles. The van der Waals surface area contributed by atoms with Crippen LogP contribution in [0.1, 0.15) is 6.42 Å². The molecule has 0 spiro atoms. The van der Waals surface area contributed by atoms with Crippen molar-refractivity contribution in [2.24, 2.45) is 5.92 Å². The highest BCUT2D eigenvalue weighted by Crippen LogP contribution is 2.32. The Morgan fingerprint density at radius 2 is 2.28 bits per heavy atom. The number of hydrogen-bond donors (Lipinski definition) is 1. The van der Waals surface area contributed by atoms with Crippen LogP contribution in [-0.4, -0.2) is 22.7 Å². The maximum absolute atomic E-state index is 11.8. The fourth-order valence-electron chi connectivity index (χ4n) is 2.02. The Kier molecular flexibility index (Phi) is 3.51. The smallest absolute Gasteiger partial charge is 0.271 e. The maximum Gasteiger partial charge on any atom is 0.271 e. The third-order valence-corrected chi connectivity index (χ3v) is 3.85. The Bertz CT molecular complexity index is 506. The largest absolute Gasteiger partial charge is 0.397 e. The molecule has 0 radical (unpaired) electrons. The van der Waals surface area contributed by atoms with Crippen LogP contribution in [0.5, 0.6) is 0 Å². The summed E-state index contributed by atoms with van der Waals surface area (Å²) >= 11 is 3.35. The van der Waals surface area contributed by atoms with Crippen LogP contribution < -0.4 is 10.6 Å². The minimum absolute atomic E-state index is 0.00000283. The highest BCUT2D eigenvalue weighted by molar-refractivity contribution is 9.09. The number of nitrogens with zero attached hydrogens (tertiary/aromatic N) is 2. The van der Waals surface area contributed by atoms with Crippen LogP contribution in [0.2, 0.25) is 0 Å². The molecule has 2 N–H and O–H groups in total. The molecule has 0 aliphatic carbocycles. The van der Waals surface area contributed by atoms with E-state index in [9.17, 15) is 14.9 Å². The molecule has 1 saturated heterocycles. The molecule has 96 valence electrons. The van der Waals surface area contributed by atoms with Crippen molar-refractivity contribution >= 4 is 38.9 Å². The molecule has 18 heavy (non-hydrogen) atoms. The Hall–Kier alpha value is -1.63. The average Bonchev–Trinajstić information content (AvgIpc) is 2.70. The second-order valence-electron chi connectivity index (χ2n) is 4.23. The summed E-state index contributed by atoms with van der Waals surface area (Å²) in [6.07, 6.45) is 0.474. The first-order valence-electron chi connectivity index (χ1n) is 5.43. The van der Waals surface area contributed by atoms with E-state index in [1.165, 1.54) is 18.2 Å². The van der Waals surface area contributed by atoms with Gasteiger partial charge in [0, 0.05) is 30.4 Å². The lowest BCUT2D eigenvalue weighted by molar-refractivity contribution is -0.384. The minimum Gasteiger partial charge on any atom is -0.397 e. The number of benzene rings is 1. The van der Waals surface area contributed by atoms with E-state index in [4.69, 9.17) is 5.73 Å². The summed E-state index contributed by atoms with van der Waals surface area (Å²) in [5.41, 5.74) is 6.52. The molecular formula is C11H12BrN3O3. The summed E-state index contributed by atoms with van der Waals surface area (Å²) < 4.78 is 0. The number of carbonyl (C=O) groups is 1. The van der Waals surface area contributed by atoms with Crippen molar-refractivity contribution in [2.75, 3.05) is 22.5 Å². The molecule has 1 aromatic carbocycles. The first kappa shape index (κ1) is 12.8. The fraction of sp³-hybridized carbons (Fsp3) is 0.364. The third-order valence-electron chi connectivity index (χ3n) is 2.94. The van der Waals surface area contributed by atoms with Crippen molar-refractivity contribution in [3.8, 4) is 0 Å². The van der Waals surface area contributed by atoms with E-state index in [1.807, 2.05) is 0 Å². The molecular weight excluding hydrogens is 302 g/mol. The topological polar surface area (TPSA) is 89.5 Å². The monoisotopic (exact) mass is 313 g/mol. The van der Waals surface area contributed by atoms with Crippen LogP contribution in [-0.2, 0) is 4.79 Å². The molecule has 1 heterocycles. The molecule has 0 aromatic heterocycles. The van der Waals surface area contributed by atoms with E-state index in [0.717, 1.165) is 5.33 Å². The van der Waals surface area contributed by atoms with Crippen LogP contribution in [0, 0.1) is 16.0 Å². The first-order valence-corrected chi connectivity index (χ1v) is 6.55. The van der Waals surface area contributed by atoms with Crippen molar-refractivity contribution in [1.82, 2.24) is 0 Å². The van der Waals surface area contributed by atoms with Gasteiger partial charge < -0.3 is 10.6 Å². The van der Waals surface area contributed by atoms with Gasteiger partial charge in [0.1, 0.15) is 0 Å². The number of alkyl halides is 1. The summed E-state index contributed by atoms with van der Waals surface area (Å²) in [6.45, 7) is 0.589. The predicted molar refractivity (Wildman–Crippen MR) is 71.8 cm³/mol. The molecule has 1 fully saturated rings. The van der Waals surface area contributed by atoms with E-state index in [2.05, 4.69) is 15.9 Å². The predicted octanol–water partition coefficient (Wildman–Crippen LogP) is 1.92. The van der Waals surface area contributed by atoms with Crippen molar-refractivity contribution in [3.05, 3.63) is 28.3 Å². The van der Waals surface area contributed by atoms with Gasteiger partial charge in [-0.2, -0.15) is 0 Å². The van der Waals surface area contributed by atoms with Crippen molar-refractivity contribution in [1.29, 1.82) is 0 Å². The minimum atomic E-state index is -0.507. The molecule has 6 nitrogen and oxygen atoms in total. The van der Waals surface area contributed by atoms with Crippen LogP contribution in [0.25, 0.3) is 0 Å². The van der Waals surface area contributed by atoms with Crippen molar-refractivity contribution in [2.45, 2.75) is 6.42 Å². The number of rotatable bonds is 3. The molecule has 1 atom stereocenters. The number of nitro benzene ring substituents is 1. The van der Waals surface area contributed by atoms with Gasteiger partial charge in [-0.1, -0.05) is 15.9 Å². The zero-order valence-electron chi connectivity index (χ0n) is 9.51. The van der Waals surface area contributed by atoms with Crippen molar-refractivity contribution in [3.63, 3.8) is 0 Å². The van der Waals surface area contributed by atoms with Crippen LogP contribution in [0.4, 0.5) is 17.1 Å². The van der Waals surface area contributed by atoms with Crippen LogP contribution >= 0.6 is 15.9 Å². The number of halogens is 1. The third kappa shape index (κ3) is 2.31. The second-order valence-corrected chi connectivity index (χ2v) is 4.88. The van der Waals surface area contributed by atoms with E-state index in [0.29, 0.717) is 18.7 Å². The number of non-ortho nitro benzene ring substituents is 1. The second kappa shape index (κ2) is 4.93. The Morgan fingerprint density at radius 3 is 2.78 bits per heavy atom. The van der Waals surface area contributed by atoms with Gasteiger partial charge in [0.15, 0.2) is 0 Å². The molecule has 2 rings (SSSR count). The summed E-state index contributed by atoms with van der Waals surface area (Å²) in [6, 6.07) is 4.17. The van der Waals surface area contributed by atoms with E-state index in [1.54, 1.807) is 4.90 Å². The number of nitrogens with two attached hydrogens (primary N) is 1. The number of nitro groups is 1. The Balaban J connectivity index is 2.29. The lowest BCUT2D eigenvalue weighted by atomic mass is 10.2. The summed E-state index contributed by atoms with van der Waals surface area (Å²) in [7, 11) is 0. The fourth-order valence-corrected chi connectivity index (χ4v) is 2.45. The van der Waals surface area contributed by atoms with Gasteiger partial charge in [-0.15, -0.1) is 0 Å². The van der Waals surface area contributed by atoms with E-state index >= 15 is 0 Å². The van der Waals surface area contributed by atoms with Gasteiger partial charge in [-0.25, -0.2) is 0 Å². The molecule has 1 aromatic rings. The van der Waals surface area contributed by atoms with Gasteiger partial charge in [0.05, 0.1) is 16.3 Å². The Morgan fingerprint density at radius 1 is 1.56 bits per heavy atom. The quantitative estimate of drug-likeness (QED) is 0.399. The number of amides is 1. The zero-order chi connectivity index (χ0) is 13.3. The van der Waals surface area contributed by atoms with Gasteiger partial charge in [0.25, 0.3) is 5.69 Å². The van der Waals surface area contributed by atoms with Gasteiger partial charge in [-0.05, 0) is 12.0 Å². The summed E-state index contributed by atoms with van der Waals surface area (Å²) in [4.78, 5) is 23.5. The zero-order valence-corrected chi connectivity index (χ0v) is 11.1. The van der Waals surface area contributed by atoms with Crippen LogP contribution in [0.3, 0.4) is 0 Å². The molecule has 1 aliphatic heterocycles. The SMILES string of the molecule is Nc1cc([N+](=O)[O-])ccc1N1CC(CBr)CC1=O. The summed E-state index contributed by atoms with van der Waals surface area (Å²) in [5.74, 6) is 0.257. The van der Waals surface area contributed by atoms with Crippen molar-refractivity contribution < 1.29 is 9.72 Å². The standard InChI is InChI=1S/C11H12BrN3O3/c12-5-7-3-11(16)14(6-7)10-2-1-8(15(17)18)4-9(10)13/h1-2,4,7H,3,5-6,13H2. The average molecular weight is 314 g/mol. The molecule has 1 unspecified atom stereocenters. The molecule has 0 bridgehead atoms. The molecule has 1 amide bonds. The number of hydrogen-bond acceptors (Lipinski definition) is 4. The highest BCUT2D eigenvalue weighted by Gasteiger charge is 2.31. The van der Waals surface area contributed by atoms with E-state index < -0.39 is 4.92 Å². The number of anilines is 2. The number of nitrogen functional groups attached to an aromatic ring is 1. The first-order chi connectivity index (χ1) is 8.52. The maximum atomic E-state index is 11.8.